The van der Waals surface area contributed by atoms with Crippen LogP contribution in [0.1, 0.15) is 42.1 Å². The summed E-state index contributed by atoms with van der Waals surface area (Å²) >= 11 is 1.60. The third-order valence-corrected chi connectivity index (χ3v) is 7.39. The summed E-state index contributed by atoms with van der Waals surface area (Å²) in [4.78, 5) is 43.8. The highest BCUT2D eigenvalue weighted by Gasteiger charge is 2.56. The molecule has 204 valence electrons. The number of carbonyl (C=O) groups excluding carboxylic acids is 2. The molecule has 0 radical (unpaired) electrons. The number of aromatic nitrogens is 3. The minimum absolute atomic E-state index is 0.0547. The first-order valence-corrected chi connectivity index (χ1v) is 12.6. The molecule has 0 saturated carbocycles. The molecule has 4 rings (SSSR count). The third-order valence-electron chi connectivity index (χ3n) is 6.57. The zero-order valence-corrected chi connectivity index (χ0v) is 21.6. The van der Waals surface area contributed by atoms with Crippen LogP contribution in [-0.2, 0) is 32.7 Å². The minimum Gasteiger partial charge on any atom is -0.475 e. The maximum Gasteiger partial charge on any atom is 0.490 e. The highest BCUT2D eigenvalue weighted by atomic mass is 32.1. The molecule has 10 nitrogen and oxygen atoms in total. The number of piperidine rings is 1. The second-order valence-corrected chi connectivity index (χ2v) is 10.1. The van der Waals surface area contributed by atoms with Crippen molar-refractivity contribution in [3.63, 3.8) is 0 Å². The van der Waals surface area contributed by atoms with Crippen molar-refractivity contribution in [2.75, 3.05) is 32.8 Å². The molecule has 2 aromatic heterocycles. The number of aryl methyl sites for hydroxylation is 2. The van der Waals surface area contributed by atoms with Crippen LogP contribution in [0.4, 0.5) is 13.2 Å². The van der Waals surface area contributed by atoms with Crippen molar-refractivity contribution in [1.82, 2.24) is 24.6 Å². The van der Waals surface area contributed by atoms with Crippen LogP contribution in [0.2, 0.25) is 0 Å². The number of rotatable bonds is 6. The van der Waals surface area contributed by atoms with Crippen LogP contribution in [0.3, 0.4) is 0 Å². The van der Waals surface area contributed by atoms with Gasteiger partial charge in [-0.2, -0.15) is 18.3 Å². The number of likely N-dealkylation sites (tertiary alicyclic amines) is 2. The smallest absolute Gasteiger partial charge is 0.475 e. The molecule has 2 fully saturated rings. The monoisotopic (exact) mass is 545 g/mol. The number of alkyl halides is 3. The zero-order chi connectivity index (χ0) is 27.4. The Bertz CT molecular complexity index is 1120. The molecule has 2 saturated heterocycles. The van der Waals surface area contributed by atoms with E-state index in [4.69, 9.17) is 14.6 Å². The van der Waals surface area contributed by atoms with Crippen molar-refractivity contribution in [2.24, 2.45) is 12.5 Å². The van der Waals surface area contributed by atoms with Crippen molar-refractivity contribution in [3.05, 3.63) is 34.0 Å². The standard InChI is InChI=1S/C21H29N5O3S.C2HF3O2/c1-4-29-12-19(27)26-11-17(18-6-8-22-24(18)3)21(14-26)7-5-9-25(20(21)28)10-16-13-30-15(2)23-16;3-2(4,5)1(6)7/h6,8,13,17H,4-5,7,9-12,14H2,1-3H3;(H,6,7)/t17-,21+;/m0./s1. The second kappa shape index (κ2) is 11.6. The fourth-order valence-electron chi connectivity index (χ4n) is 4.89. The van der Waals surface area contributed by atoms with Gasteiger partial charge in [-0.3, -0.25) is 14.3 Å². The zero-order valence-electron chi connectivity index (χ0n) is 20.8. The first-order valence-electron chi connectivity index (χ1n) is 11.7. The predicted octanol–water partition coefficient (Wildman–Crippen LogP) is 2.59. The molecule has 2 amide bonds. The molecular weight excluding hydrogens is 515 g/mol. The SMILES string of the molecule is CCOCC(=O)N1C[C@@H](c2ccnn2C)[C@@]2(CCCN(Cc3csc(C)n3)C2=O)C1.O=C(O)C(F)(F)F. The number of carbonyl (C=O) groups is 3. The van der Waals surface area contributed by atoms with E-state index in [1.54, 1.807) is 17.5 Å². The minimum atomic E-state index is -5.08. The molecule has 2 atom stereocenters. The molecule has 0 aliphatic carbocycles. The van der Waals surface area contributed by atoms with E-state index in [9.17, 15) is 22.8 Å². The van der Waals surface area contributed by atoms with E-state index in [1.807, 2.05) is 46.8 Å². The molecule has 37 heavy (non-hydrogen) atoms. The van der Waals surface area contributed by atoms with E-state index in [-0.39, 0.29) is 24.3 Å². The lowest BCUT2D eigenvalue weighted by atomic mass is 9.70. The molecule has 2 aliphatic heterocycles. The molecule has 14 heteroatoms. The molecule has 4 heterocycles. The van der Waals surface area contributed by atoms with Gasteiger partial charge in [0.2, 0.25) is 11.8 Å². The van der Waals surface area contributed by atoms with Crippen LogP contribution in [-0.4, -0.2) is 86.5 Å². The van der Waals surface area contributed by atoms with Gasteiger partial charge in [0, 0.05) is 56.5 Å². The van der Waals surface area contributed by atoms with Crippen molar-refractivity contribution < 1.29 is 37.4 Å². The summed E-state index contributed by atoms with van der Waals surface area (Å²) in [6.07, 6.45) is -1.64. The number of ether oxygens (including phenoxy) is 1. The van der Waals surface area contributed by atoms with E-state index in [1.165, 1.54) is 0 Å². The predicted molar refractivity (Wildman–Crippen MR) is 127 cm³/mol. The largest absolute Gasteiger partial charge is 0.490 e. The fraction of sp³-hybridized carbons (Fsp3) is 0.609. The van der Waals surface area contributed by atoms with Crippen LogP contribution in [0.5, 0.6) is 0 Å². The van der Waals surface area contributed by atoms with Gasteiger partial charge in [-0.05, 0) is 32.8 Å². The van der Waals surface area contributed by atoms with E-state index in [2.05, 4.69) is 10.1 Å². The topological polar surface area (TPSA) is 118 Å². The summed E-state index contributed by atoms with van der Waals surface area (Å²) in [6, 6.07) is 1.97. The highest BCUT2D eigenvalue weighted by molar-refractivity contribution is 7.09. The molecular formula is C23H30F3N5O5S. The Balaban J connectivity index is 0.000000479. The number of nitrogens with zero attached hydrogens (tertiary/aromatic N) is 5. The maximum absolute atomic E-state index is 13.9. The number of thiazole rings is 1. The van der Waals surface area contributed by atoms with Gasteiger partial charge in [0.15, 0.2) is 0 Å². The Labute approximate surface area is 216 Å². The lowest BCUT2D eigenvalue weighted by molar-refractivity contribution is -0.192. The quantitative estimate of drug-likeness (QED) is 0.593. The average molecular weight is 546 g/mol. The van der Waals surface area contributed by atoms with Crippen molar-refractivity contribution in [3.8, 4) is 0 Å². The van der Waals surface area contributed by atoms with Gasteiger partial charge < -0.3 is 19.6 Å². The Kier molecular flexibility index (Phi) is 8.95. The summed E-state index contributed by atoms with van der Waals surface area (Å²) in [6.45, 7) is 6.60. The second-order valence-electron chi connectivity index (χ2n) is 8.99. The van der Waals surface area contributed by atoms with E-state index in [0.717, 1.165) is 35.8 Å². The van der Waals surface area contributed by atoms with Crippen LogP contribution in [0.15, 0.2) is 17.6 Å². The lowest BCUT2D eigenvalue weighted by Crippen LogP contribution is -2.52. The third kappa shape index (κ3) is 6.47. The van der Waals surface area contributed by atoms with E-state index < -0.39 is 17.6 Å². The summed E-state index contributed by atoms with van der Waals surface area (Å²) in [5.41, 5.74) is 1.31. The van der Waals surface area contributed by atoms with Gasteiger partial charge in [-0.25, -0.2) is 9.78 Å². The Morgan fingerprint density at radius 3 is 2.59 bits per heavy atom. The van der Waals surface area contributed by atoms with Crippen molar-refractivity contribution >= 4 is 29.1 Å². The van der Waals surface area contributed by atoms with Crippen LogP contribution in [0, 0.1) is 12.3 Å². The summed E-state index contributed by atoms with van der Waals surface area (Å²) < 4.78 is 38.9. The first-order chi connectivity index (χ1) is 17.4. The van der Waals surface area contributed by atoms with Crippen LogP contribution < -0.4 is 0 Å². The number of carboxylic acid groups (broad SMARTS) is 1. The number of hydrogen-bond donors (Lipinski definition) is 1. The Morgan fingerprint density at radius 2 is 2.05 bits per heavy atom. The molecule has 0 aromatic carbocycles. The van der Waals surface area contributed by atoms with Crippen molar-refractivity contribution in [2.45, 2.75) is 45.3 Å². The maximum atomic E-state index is 13.9. The number of hydrogen-bond acceptors (Lipinski definition) is 7. The summed E-state index contributed by atoms with van der Waals surface area (Å²) in [5.74, 6) is -2.77. The molecule has 1 spiro atoms. The van der Waals surface area contributed by atoms with Gasteiger partial charge >= 0.3 is 12.1 Å². The van der Waals surface area contributed by atoms with E-state index >= 15 is 0 Å². The molecule has 1 N–H and O–H groups in total. The lowest BCUT2D eigenvalue weighted by Gasteiger charge is -2.42. The normalized spacial score (nSPS) is 21.8. The summed E-state index contributed by atoms with van der Waals surface area (Å²) in [7, 11) is 1.90. The van der Waals surface area contributed by atoms with Crippen molar-refractivity contribution in [1.29, 1.82) is 0 Å². The molecule has 2 aliphatic rings. The van der Waals surface area contributed by atoms with Gasteiger partial charge in [0.25, 0.3) is 0 Å². The number of halogens is 3. The molecule has 2 aromatic rings. The first kappa shape index (κ1) is 28.6. The van der Waals surface area contributed by atoms with E-state index in [0.29, 0.717) is 26.2 Å². The van der Waals surface area contributed by atoms with Crippen LogP contribution >= 0.6 is 11.3 Å². The number of aliphatic carboxylic acids is 1. The molecule has 0 unspecified atom stereocenters. The molecule has 0 bridgehead atoms. The van der Waals surface area contributed by atoms with Gasteiger partial charge in [-0.1, -0.05) is 0 Å². The summed E-state index contributed by atoms with van der Waals surface area (Å²) in [5, 5.41) is 14.5. The van der Waals surface area contributed by atoms with Gasteiger partial charge in [0.05, 0.1) is 22.7 Å². The van der Waals surface area contributed by atoms with Gasteiger partial charge in [0.1, 0.15) is 6.61 Å². The highest BCUT2D eigenvalue weighted by Crippen LogP contribution is 2.49. The average Bonchev–Trinajstić information content (AvgIpc) is 3.54. The van der Waals surface area contributed by atoms with Crippen LogP contribution in [0.25, 0.3) is 0 Å². The van der Waals surface area contributed by atoms with Gasteiger partial charge in [-0.15, -0.1) is 11.3 Å². The fourth-order valence-corrected chi connectivity index (χ4v) is 5.49. The number of amides is 2. The number of carboxylic acids is 1. The Morgan fingerprint density at radius 1 is 1.35 bits per heavy atom. The Hall–Kier alpha value is -3.00.